The quantitative estimate of drug-likeness (QED) is 0.565. The minimum absolute atomic E-state index is 0.0502. The highest BCUT2D eigenvalue weighted by Gasteiger charge is 2.46. The van der Waals surface area contributed by atoms with E-state index in [2.05, 4.69) is 10.3 Å². The average Bonchev–Trinajstić information content (AvgIpc) is 3.25. The fraction of sp³-hybridized carbons (Fsp3) is 0.520. The summed E-state index contributed by atoms with van der Waals surface area (Å²) < 4.78 is 61.7. The van der Waals surface area contributed by atoms with Crippen molar-refractivity contribution in [1.82, 2.24) is 9.88 Å². The Labute approximate surface area is 207 Å². The number of alkyl halides is 3. The summed E-state index contributed by atoms with van der Waals surface area (Å²) in [6.45, 7) is 0.177. The van der Waals surface area contributed by atoms with Crippen LogP contribution in [0, 0.1) is 0 Å². The molecule has 2 aromatic rings. The van der Waals surface area contributed by atoms with Gasteiger partial charge in [-0.1, -0.05) is 18.2 Å². The first-order valence-corrected chi connectivity index (χ1v) is 11.8. The monoisotopic (exact) mass is 509 g/mol. The smallest absolute Gasteiger partial charge is 0.427 e. The lowest BCUT2D eigenvalue weighted by molar-refractivity contribution is -0.220. The van der Waals surface area contributed by atoms with Crippen LogP contribution in [0.3, 0.4) is 0 Å². The van der Waals surface area contributed by atoms with E-state index >= 15 is 0 Å². The number of halogens is 3. The Morgan fingerprint density at radius 2 is 1.97 bits per heavy atom. The van der Waals surface area contributed by atoms with Crippen molar-refractivity contribution in [1.29, 1.82) is 0 Å². The number of rotatable bonds is 8. The van der Waals surface area contributed by atoms with Gasteiger partial charge in [0.1, 0.15) is 11.6 Å². The summed E-state index contributed by atoms with van der Waals surface area (Å²) in [5, 5.41) is 3.34. The van der Waals surface area contributed by atoms with Crippen molar-refractivity contribution in [3.8, 4) is 5.75 Å². The predicted octanol–water partition coefficient (Wildman–Crippen LogP) is 4.41. The van der Waals surface area contributed by atoms with Crippen LogP contribution in [0.1, 0.15) is 24.8 Å². The van der Waals surface area contributed by atoms with Crippen LogP contribution in [-0.2, 0) is 20.8 Å². The summed E-state index contributed by atoms with van der Waals surface area (Å²) in [5.41, 5.74) is 0.269. The maximum atomic E-state index is 13.5. The third kappa shape index (κ3) is 6.79. The Morgan fingerprint density at radius 3 is 2.61 bits per heavy atom. The lowest BCUT2D eigenvalue weighted by Crippen LogP contribution is -2.49. The summed E-state index contributed by atoms with van der Waals surface area (Å²) in [5.74, 6) is 1.39. The zero-order valence-electron chi connectivity index (χ0n) is 20.0. The molecule has 2 atom stereocenters. The van der Waals surface area contributed by atoms with Crippen molar-refractivity contribution in [2.45, 2.75) is 49.8 Å². The summed E-state index contributed by atoms with van der Waals surface area (Å²) in [6.07, 6.45) is -4.62. The van der Waals surface area contributed by atoms with Crippen LogP contribution in [-0.4, -0.2) is 73.3 Å². The number of anilines is 1. The number of aromatic nitrogens is 1. The second-order valence-electron chi connectivity index (χ2n) is 9.02. The normalized spacial score (nSPS) is 20.2. The molecule has 2 saturated heterocycles. The third-order valence-corrected chi connectivity index (χ3v) is 6.46. The summed E-state index contributed by atoms with van der Waals surface area (Å²) in [7, 11) is 1.52. The first-order chi connectivity index (χ1) is 17.3. The van der Waals surface area contributed by atoms with Gasteiger partial charge in [-0.3, -0.25) is 0 Å². The lowest BCUT2D eigenvalue weighted by atomic mass is 9.87. The number of methoxy groups -OCH3 is 1. The van der Waals surface area contributed by atoms with E-state index < -0.39 is 30.6 Å². The van der Waals surface area contributed by atoms with Crippen LogP contribution in [0.4, 0.5) is 23.8 Å². The molecular weight excluding hydrogens is 479 g/mol. The van der Waals surface area contributed by atoms with E-state index in [1.54, 1.807) is 30.5 Å². The van der Waals surface area contributed by atoms with E-state index in [1.165, 1.54) is 12.0 Å². The van der Waals surface area contributed by atoms with Gasteiger partial charge in [0.2, 0.25) is 6.10 Å². The van der Waals surface area contributed by atoms with Crippen molar-refractivity contribution >= 4 is 11.9 Å². The van der Waals surface area contributed by atoms with E-state index in [9.17, 15) is 18.0 Å². The lowest BCUT2D eigenvalue weighted by Gasteiger charge is -2.38. The molecule has 2 aliphatic heterocycles. The molecule has 1 aromatic heterocycles. The maximum Gasteiger partial charge on any atom is 0.427 e. The summed E-state index contributed by atoms with van der Waals surface area (Å²) in [6, 6.07) is 12.4. The minimum atomic E-state index is -4.74. The number of likely N-dealkylation sites (tertiary alicyclic amines) is 1. The zero-order chi connectivity index (χ0) is 25.6. The molecule has 196 valence electrons. The number of carbonyl (C=O) groups is 1. The number of benzene rings is 1. The van der Waals surface area contributed by atoms with Crippen molar-refractivity contribution in [3.63, 3.8) is 0 Å². The Bertz CT molecular complexity index is 983. The van der Waals surface area contributed by atoms with Gasteiger partial charge in [0.25, 0.3) is 0 Å². The largest absolute Gasteiger partial charge is 0.497 e. The van der Waals surface area contributed by atoms with Crippen LogP contribution < -0.4 is 10.1 Å². The second-order valence-corrected chi connectivity index (χ2v) is 9.02. The molecule has 11 heteroatoms. The molecule has 1 unspecified atom stereocenters. The summed E-state index contributed by atoms with van der Waals surface area (Å²) >= 11 is 0. The molecule has 1 spiro atoms. The van der Waals surface area contributed by atoms with Crippen LogP contribution in [0.2, 0.25) is 0 Å². The van der Waals surface area contributed by atoms with Gasteiger partial charge in [0, 0.05) is 19.3 Å². The molecule has 1 aromatic carbocycles. The molecule has 2 aliphatic rings. The van der Waals surface area contributed by atoms with Crippen molar-refractivity contribution in [2.24, 2.45) is 0 Å². The fourth-order valence-electron chi connectivity index (χ4n) is 4.44. The average molecular weight is 510 g/mol. The number of carbonyl (C=O) groups excluding carboxylic acids is 1. The molecule has 0 aliphatic carbocycles. The molecule has 8 nitrogen and oxygen atoms in total. The second kappa shape index (κ2) is 11.3. The first kappa shape index (κ1) is 26.0. The number of nitrogens with one attached hydrogen (secondary N) is 1. The van der Waals surface area contributed by atoms with Gasteiger partial charge in [0.05, 0.1) is 38.6 Å². The van der Waals surface area contributed by atoms with E-state index in [0.717, 1.165) is 12.2 Å². The number of nitrogens with zero attached hydrogens (tertiary/aromatic N) is 2. The number of pyridine rings is 1. The number of hydrogen-bond acceptors (Lipinski definition) is 7. The maximum absolute atomic E-state index is 13.5. The highest BCUT2D eigenvalue weighted by Crippen LogP contribution is 2.37. The molecule has 36 heavy (non-hydrogen) atoms. The third-order valence-electron chi connectivity index (χ3n) is 6.46. The Balaban J connectivity index is 1.24. The highest BCUT2D eigenvalue weighted by atomic mass is 19.4. The van der Waals surface area contributed by atoms with Crippen LogP contribution in [0.5, 0.6) is 5.75 Å². The van der Waals surface area contributed by atoms with Crippen molar-refractivity contribution in [2.75, 3.05) is 38.7 Å². The van der Waals surface area contributed by atoms with E-state index in [-0.39, 0.29) is 25.7 Å². The molecule has 1 N–H and O–H groups in total. The molecule has 2 fully saturated rings. The van der Waals surface area contributed by atoms with Crippen LogP contribution in [0.25, 0.3) is 0 Å². The number of piperidine rings is 1. The van der Waals surface area contributed by atoms with Gasteiger partial charge in [-0.2, -0.15) is 13.2 Å². The molecule has 0 radical (unpaired) electrons. The summed E-state index contributed by atoms with van der Waals surface area (Å²) in [4.78, 5) is 18.1. The molecular formula is C25H30F3N3O5. The zero-order valence-corrected chi connectivity index (χ0v) is 20.0. The fourth-order valence-corrected chi connectivity index (χ4v) is 4.44. The van der Waals surface area contributed by atoms with Gasteiger partial charge in [-0.15, -0.1) is 0 Å². The number of amides is 1. The molecule has 1 amide bonds. The van der Waals surface area contributed by atoms with Crippen LogP contribution >= 0.6 is 0 Å². The van der Waals surface area contributed by atoms with Crippen molar-refractivity contribution in [3.05, 3.63) is 54.2 Å². The van der Waals surface area contributed by atoms with E-state index in [1.807, 2.05) is 18.2 Å². The van der Waals surface area contributed by atoms with Gasteiger partial charge in [-0.05, 0) is 49.1 Å². The van der Waals surface area contributed by atoms with Crippen LogP contribution in [0.15, 0.2) is 48.7 Å². The Morgan fingerprint density at radius 1 is 1.22 bits per heavy atom. The first-order valence-electron chi connectivity index (χ1n) is 11.8. The van der Waals surface area contributed by atoms with E-state index in [0.29, 0.717) is 30.8 Å². The highest BCUT2D eigenvalue weighted by molar-refractivity contribution is 5.68. The Hall–Kier alpha value is -3.05. The standard InChI is InChI=1S/C25H30F3N3O5/c1-33-20-7-5-18(6-8-20)15-34-17-21(25(26,27)28)36-23(32)31-12-9-24(10-13-31)14-19(16-35-24)30-22-4-2-3-11-29-22/h2-8,11,19,21H,9-10,12-17H2,1H3,(H,29,30)/t19?,21-/m1/s1. The van der Waals surface area contributed by atoms with Gasteiger partial charge in [-0.25, -0.2) is 9.78 Å². The van der Waals surface area contributed by atoms with Gasteiger partial charge >= 0.3 is 12.3 Å². The molecule has 0 bridgehead atoms. The minimum Gasteiger partial charge on any atom is -0.497 e. The van der Waals surface area contributed by atoms with Crippen molar-refractivity contribution < 1.29 is 36.9 Å². The molecule has 4 rings (SSSR count). The predicted molar refractivity (Wildman–Crippen MR) is 125 cm³/mol. The molecule has 0 saturated carbocycles. The SMILES string of the molecule is COc1ccc(COC[C@@H](OC(=O)N2CCC3(CC2)CC(Nc2ccccn2)CO3)C(F)(F)F)cc1. The Kier molecular flexibility index (Phi) is 8.20. The van der Waals surface area contributed by atoms with Gasteiger partial charge in [0.15, 0.2) is 0 Å². The number of hydrogen-bond donors (Lipinski definition) is 1. The van der Waals surface area contributed by atoms with Gasteiger partial charge < -0.3 is 29.2 Å². The number of ether oxygens (including phenoxy) is 4. The van der Waals surface area contributed by atoms with E-state index in [4.69, 9.17) is 18.9 Å². The molecule has 3 heterocycles. The topological polar surface area (TPSA) is 82.2 Å².